The van der Waals surface area contributed by atoms with Crippen LogP contribution in [0.5, 0.6) is 5.88 Å². The van der Waals surface area contributed by atoms with Crippen molar-refractivity contribution in [3.63, 3.8) is 0 Å². The van der Waals surface area contributed by atoms with Gasteiger partial charge in [0, 0.05) is 79.7 Å². The quantitative estimate of drug-likeness (QED) is 0.164. The van der Waals surface area contributed by atoms with E-state index in [4.69, 9.17) is 37.7 Å². The Hall–Kier alpha value is -4.75. The van der Waals surface area contributed by atoms with Crippen LogP contribution in [0.15, 0.2) is 59.5 Å². The zero-order valence-corrected chi connectivity index (χ0v) is 32.2. The van der Waals surface area contributed by atoms with E-state index in [1.807, 2.05) is 54.3 Å². The van der Waals surface area contributed by atoms with Gasteiger partial charge in [-0.15, -0.1) is 0 Å². The van der Waals surface area contributed by atoms with E-state index in [1.165, 1.54) is 10.2 Å². The third kappa shape index (κ3) is 6.44. The Morgan fingerprint density at radius 3 is 2.54 bits per heavy atom. The van der Waals surface area contributed by atoms with Gasteiger partial charge in [-0.2, -0.15) is 5.10 Å². The Bertz CT molecular complexity index is 2350. The number of halogens is 2. The molecular weight excluding hydrogens is 727 g/mol. The van der Waals surface area contributed by atoms with E-state index in [2.05, 4.69) is 31.7 Å². The van der Waals surface area contributed by atoms with Gasteiger partial charge in [0.25, 0.3) is 5.56 Å². The van der Waals surface area contributed by atoms with Crippen LogP contribution in [0.3, 0.4) is 0 Å². The van der Waals surface area contributed by atoms with Gasteiger partial charge in [-0.05, 0) is 56.4 Å². The molecule has 3 aliphatic rings. The van der Waals surface area contributed by atoms with Gasteiger partial charge in [0.15, 0.2) is 0 Å². The Balaban J connectivity index is 1.07. The van der Waals surface area contributed by atoms with E-state index in [0.717, 1.165) is 73.4 Å². The number of aromatic nitrogens is 4. The number of likely N-dealkylation sites (tertiary alicyclic amines) is 1. The second kappa shape index (κ2) is 14.5. The van der Waals surface area contributed by atoms with Gasteiger partial charge in [-0.25, -0.2) is 19.4 Å². The summed E-state index contributed by atoms with van der Waals surface area (Å²) in [6, 6.07) is 15.6. The highest BCUT2D eigenvalue weighted by Crippen LogP contribution is 2.47. The van der Waals surface area contributed by atoms with Crippen LogP contribution in [0.2, 0.25) is 10.0 Å². The van der Waals surface area contributed by atoms with Crippen LogP contribution in [0.4, 0.5) is 16.3 Å². The largest absolute Gasteiger partial charge is 0.481 e. The molecule has 54 heavy (non-hydrogen) atoms. The third-order valence-electron chi connectivity index (χ3n) is 11.1. The average molecular weight is 770 g/mol. The first-order chi connectivity index (χ1) is 26.1. The summed E-state index contributed by atoms with van der Waals surface area (Å²) in [5.74, 6) is 0.992. The van der Waals surface area contributed by atoms with Crippen molar-refractivity contribution < 1.29 is 14.3 Å². The zero-order valence-electron chi connectivity index (χ0n) is 30.7. The van der Waals surface area contributed by atoms with Crippen LogP contribution in [0.25, 0.3) is 33.2 Å². The number of nitrogens with one attached hydrogen (secondary N) is 2. The van der Waals surface area contributed by atoms with Crippen LogP contribution in [0.1, 0.15) is 42.1 Å². The summed E-state index contributed by atoms with van der Waals surface area (Å²) < 4.78 is 12.5. The van der Waals surface area contributed by atoms with Gasteiger partial charge in [-0.3, -0.25) is 9.69 Å². The number of pyridine rings is 2. The lowest BCUT2D eigenvalue weighted by Crippen LogP contribution is -2.61. The summed E-state index contributed by atoms with van der Waals surface area (Å²) >= 11 is 14.3. The third-order valence-corrected chi connectivity index (χ3v) is 11.9. The Morgan fingerprint density at radius 2 is 1.76 bits per heavy atom. The highest BCUT2D eigenvalue weighted by molar-refractivity contribution is 6.39. The number of rotatable bonds is 9. The van der Waals surface area contributed by atoms with Crippen molar-refractivity contribution in [1.29, 1.82) is 0 Å². The van der Waals surface area contributed by atoms with E-state index in [1.54, 1.807) is 27.5 Å². The van der Waals surface area contributed by atoms with Crippen LogP contribution < -0.4 is 20.9 Å². The highest BCUT2D eigenvalue weighted by atomic mass is 35.5. The molecule has 2 unspecified atom stereocenters. The molecule has 0 radical (unpaired) electrons. The SMILES string of the molecule is COCCN1CCC2(CCN(C3CCc4cc(-c5cccc(-c6cccc(Nc7nc(C)cc8cnn(C)c(=O)c78)c6Cl)c5Cl)nc(OC)c43)C2)NC1=O. The number of anilines is 2. The summed E-state index contributed by atoms with van der Waals surface area (Å²) in [5.41, 5.74) is 6.05. The molecule has 1 aliphatic carbocycles. The minimum absolute atomic E-state index is 0.0129. The van der Waals surface area contributed by atoms with Gasteiger partial charge in [0.2, 0.25) is 5.88 Å². The molecule has 3 aromatic heterocycles. The van der Waals surface area contributed by atoms with Crippen LogP contribution in [0, 0.1) is 6.92 Å². The standard InChI is InChI=1S/C40H42Cl2N8O4/c1-23-19-25-21-43-48(2)38(51)33(25)36(44-23)45-29-10-6-8-27(35(29)42)26-7-5-9-28(34(26)41)30-20-24-11-12-31(32(24)37(46-30)54-4)50-16-14-40(22-50)13-15-49(17-18-53-3)39(52)47-40/h5-10,19-21,31H,11-18,22H2,1-4H3,(H,44,45)(H,47,52). The van der Waals surface area contributed by atoms with E-state index in [-0.39, 0.29) is 23.2 Å². The van der Waals surface area contributed by atoms with Gasteiger partial charge in [0.05, 0.1) is 52.3 Å². The maximum atomic E-state index is 13.1. The molecule has 2 N–H and O–H groups in total. The molecule has 5 aromatic rings. The van der Waals surface area contributed by atoms with E-state index in [9.17, 15) is 9.59 Å². The lowest BCUT2D eigenvalue weighted by Gasteiger charge is -2.40. The number of hydrogen-bond donors (Lipinski definition) is 2. The first-order valence-corrected chi connectivity index (χ1v) is 18.9. The van der Waals surface area contributed by atoms with Crippen LogP contribution >= 0.6 is 23.2 Å². The summed E-state index contributed by atoms with van der Waals surface area (Å²) in [5, 5.41) is 12.9. The van der Waals surface area contributed by atoms with Crippen molar-refractivity contribution in [2.75, 3.05) is 52.3 Å². The van der Waals surface area contributed by atoms with E-state index >= 15 is 0 Å². The molecule has 1 spiro atoms. The normalized spacial score (nSPS) is 19.8. The van der Waals surface area contributed by atoms with Crippen molar-refractivity contribution in [3.05, 3.63) is 91.9 Å². The summed E-state index contributed by atoms with van der Waals surface area (Å²) in [7, 11) is 4.93. The van der Waals surface area contributed by atoms with E-state index in [0.29, 0.717) is 56.9 Å². The summed E-state index contributed by atoms with van der Waals surface area (Å²) in [4.78, 5) is 40.1. The van der Waals surface area contributed by atoms with Crippen LogP contribution in [-0.4, -0.2) is 88.1 Å². The number of amides is 2. The number of benzene rings is 2. The number of hydrogen-bond acceptors (Lipinski definition) is 9. The Kier molecular flexibility index (Phi) is 9.72. The summed E-state index contributed by atoms with van der Waals surface area (Å²) in [6.45, 7) is 5.40. The van der Waals surface area contributed by atoms with Crippen molar-refractivity contribution in [3.8, 4) is 28.3 Å². The molecule has 280 valence electrons. The second-order valence-corrected chi connectivity index (χ2v) is 15.2. The number of ether oxygens (including phenoxy) is 2. The molecule has 2 aromatic carbocycles. The topological polar surface area (TPSA) is 127 Å². The van der Waals surface area contributed by atoms with Crippen molar-refractivity contribution in [2.45, 2.75) is 44.2 Å². The number of aryl methyl sites for hydroxylation is 3. The monoisotopic (exact) mass is 768 g/mol. The molecule has 8 rings (SSSR count). The number of fused-ring (bicyclic) bond motifs is 2. The maximum absolute atomic E-state index is 13.1. The lowest BCUT2D eigenvalue weighted by atomic mass is 9.92. The fourth-order valence-electron chi connectivity index (χ4n) is 8.33. The number of methoxy groups -OCH3 is 2. The molecule has 2 amide bonds. The molecule has 2 aliphatic heterocycles. The predicted octanol–water partition coefficient (Wildman–Crippen LogP) is 6.92. The lowest BCUT2D eigenvalue weighted by molar-refractivity contribution is 0.114. The molecule has 12 nitrogen and oxygen atoms in total. The fourth-order valence-corrected chi connectivity index (χ4v) is 8.93. The van der Waals surface area contributed by atoms with Crippen molar-refractivity contribution in [1.82, 2.24) is 34.9 Å². The second-order valence-electron chi connectivity index (χ2n) is 14.4. The number of nitrogens with zero attached hydrogens (tertiary/aromatic N) is 6. The molecule has 0 saturated carbocycles. The van der Waals surface area contributed by atoms with Gasteiger partial charge >= 0.3 is 6.03 Å². The maximum Gasteiger partial charge on any atom is 0.317 e. The molecule has 2 fully saturated rings. The van der Waals surface area contributed by atoms with Gasteiger partial charge in [0.1, 0.15) is 5.82 Å². The van der Waals surface area contributed by atoms with Gasteiger partial charge in [-0.1, -0.05) is 53.5 Å². The predicted molar refractivity (Wildman–Crippen MR) is 211 cm³/mol. The molecule has 0 bridgehead atoms. The first-order valence-electron chi connectivity index (χ1n) is 18.2. The molecule has 2 atom stereocenters. The molecular formula is C40H42Cl2N8O4. The molecule has 2 saturated heterocycles. The number of urea groups is 1. The van der Waals surface area contributed by atoms with Gasteiger partial charge < -0.3 is 25.0 Å². The van der Waals surface area contributed by atoms with Crippen LogP contribution in [-0.2, 0) is 18.2 Å². The minimum Gasteiger partial charge on any atom is -0.481 e. The van der Waals surface area contributed by atoms with E-state index < -0.39 is 0 Å². The number of carbonyl (C=O) groups is 1. The molecule has 5 heterocycles. The Labute approximate surface area is 323 Å². The minimum atomic E-state index is -0.262. The smallest absolute Gasteiger partial charge is 0.317 e. The summed E-state index contributed by atoms with van der Waals surface area (Å²) in [6.07, 6.45) is 5.29. The van der Waals surface area contributed by atoms with Crippen molar-refractivity contribution >= 4 is 51.5 Å². The average Bonchev–Trinajstić information content (AvgIpc) is 3.78. The van der Waals surface area contributed by atoms with Crippen molar-refractivity contribution in [2.24, 2.45) is 7.05 Å². The zero-order chi connectivity index (χ0) is 37.7. The first kappa shape index (κ1) is 36.2. The molecule has 14 heteroatoms. The fraction of sp³-hybridized carbons (Fsp3) is 0.375. The highest BCUT2D eigenvalue weighted by Gasteiger charge is 2.46. The number of carbonyl (C=O) groups excluding carboxylic acids is 1. The Morgan fingerprint density at radius 1 is 1.00 bits per heavy atom.